The Morgan fingerprint density at radius 2 is 1.88 bits per heavy atom. The SMILES string of the molecule is NC(=O)C(=O)NNC(=O)Nc1cccc(Cl)c1. The van der Waals surface area contributed by atoms with Gasteiger partial charge in [-0.1, -0.05) is 17.7 Å². The Morgan fingerprint density at radius 1 is 1.18 bits per heavy atom. The molecule has 1 aromatic carbocycles. The second kappa shape index (κ2) is 5.71. The monoisotopic (exact) mass is 256 g/mol. The van der Waals surface area contributed by atoms with Gasteiger partial charge in [0.25, 0.3) is 0 Å². The summed E-state index contributed by atoms with van der Waals surface area (Å²) in [5.41, 5.74) is 8.83. The summed E-state index contributed by atoms with van der Waals surface area (Å²) in [7, 11) is 0. The normalized spacial score (nSPS) is 9.24. The first-order chi connectivity index (χ1) is 7.99. The maximum atomic E-state index is 11.2. The molecule has 0 unspecified atom stereocenters. The van der Waals surface area contributed by atoms with Crippen molar-refractivity contribution in [1.29, 1.82) is 0 Å². The van der Waals surface area contributed by atoms with Crippen molar-refractivity contribution < 1.29 is 14.4 Å². The van der Waals surface area contributed by atoms with E-state index in [9.17, 15) is 14.4 Å². The predicted molar refractivity (Wildman–Crippen MR) is 60.9 cm³/mol. The van der Waals surface area contributed by atoms with E-state index in [1.165, 1.54) is 6.07 Å². The number of rotatable bonds is 1. The molecule has 5 N–H and O–H groups in total. The minimum Gasteiger partial charge on any atom is -0.361 e. The molecule has 7 nitrogen and oxygen atoms in total. The van der Waals surface area contributed by atoms with Crippen LogP contribution in [0.1, 0.15) is 0 Å². The second-order valence-corrected chi connectivity index (χ2v) is 3.34. The van der Waals surface area contributed by atoms with Crippen molar-refractivity contribution in [2.75, 3.05) is 5.32 Å². The van der Waals surface area contributed by atoms with Gasteiger partial charge in [0.1, 0.15) is 0 Å². The maximum Gasteiger partial charge on any atom is 0.337 e. The van der Waals surface area contributed by atoms with Crippen LogP contribution in [0.2, 0.25) is 5.02 Å². The lowest BCUT2D eigenvalue weighted by Gasteiger charge is -2.07. The van der Waals surface area contributed by atoms with Crippen LogP contribution in [-0.2, 0) is 9.59 Å². The van der Waals surface area contributed by atoms with Gasteiger partial charge in [-0.15, -0.1) is 0 Å². The van der Waals surface area contributed by atoms with E-state index in [0.29, 0.717) is 10.7 Å². The smallest absolute Gasteiger partial charge is 0.337 e. The summed E-state index contributed by atoms with van der Waals surface area (Å²) in [6.45, 7) is 0. The summed E-state index contributed by atoms with van der Waals surface area (Å²) in [6, 6.07) is 5.65. The van der Waals surface area contributed by atoms with E-state index in [4.69, 9.17) is 11.6 Å². The highest BCUT2D eigenvalue weighted by Crippen LogP contribution is 2.14. The fourth-order valence-corrected chi connectivity index (χ4v) is 1.09. The topological polar surface area (TPSA) is 113 Å². The van der Waals surface area contributed by atoms with Crippen molar-refractivity contribution in [2.24, 2.45) is 5.73 Å². The maximum absolute atomic E-state index is 11.2. The highest BCUT2D eigenvalue weighted by molar-refractivity contribution is 6.34. The van der Waals surface area contributed by atoms with Crippen LogP contribution in [0.25, 0.3) is 0 Å². The zero-order valence-electron chi connectivity index (χ0n) is 8.49. The third kappa shape index (κ3) is 4.39. The number of nitrogens with two attached hydrogens (primary N) is 1. The molecule has 0 fully saturated rings. The molecule has 0 aromatic heterocycles. The minimum atomic E-state index is -1.20. The van der Waals surface area contributed by atoms with Crippen LogP contribution < -0.4 is 21.9 Å². The number of carbonyl (C=O) groups is 3. The number of anilines is 1. The zero-order chi connectivity index (χ0) is 12.8. The Balaban J connectivity index is 2.45. The first-order valence-corrected chi connectivity index (χ1v) is 4.79. The van der Waals surface area contributed by atoms with Crippen molar-refractivity contribution in [3.05, 3.63) is 29.3 Å². The molecule has 0 aliphatic heterocycles. The Kier molecular flexibility index (Phi) is 4.29. The zero-order valence-corrected chi connectivity index (χ0v) is 9.25. The lowest BCUT2D eigenvalue weighted by Crippen LogP contribution is -2.48. The van der Waals surface area contributed by atoms with Crippen molar-refractivity contribution in [3.8, 4) is 0 Å². The van der Waals surface area contributed by atoms with E-state index in [1.54, 1.807) is 18.2 Å². The van der Waals surface area contributed by atoms with Gasteiger partial charge in [0.2, 0.25) is 0 Å². The second-order valence-electron chi connectivity index (χ2n) is 2.91. The van der Waals surface area contributed by atoms with Gasteiger partial charge in [0.05, 0.1) is 0 Å². The van der Waals surface area contributed by atoms with Gasteiger partial charge in [-0.25, -0.2) is 10.2 Å². The van der Waals surface area contributed by atoms with Crippen molar-refractivity contribution in [1.82, 2.24) is 10.9 Å². The van der Waals surface area contributed by atoms with Crippen LogP contribution in [-0.4, -0.2) is 17.8 Å². The molecule has 0 aliphatic rings. The van der Waals surface area contributed by atoms with E-state index < -0.39 is 17.8 Å². The summed E-state index contributed by atoms with van der Waals surface area (Å²) in [5, 5.41) is 2.82. The Morgan fingerprint density at radius 3 is 2.47 bits per heavy atom. The molecule has 0 saturated heterocycles. The highest BCUT2D eigenvalue weighted by Gasteiger charge is 2.09. The summed E-state index contributed by atoms with van der Waals surface area (Å²) >= 11 is 5.69. The molecule has 0 saturated carbocycles. The quantitative estimate of drug-likeness (QED) is 0.418. The van der Waals surface area contributed by atoms with E-state index in [-0.39, 0.29) is 0 Å². The average molecular weight is 257 g/mol. The van der Waals surface area contributed by atoms with E-state index >= 15 is 0 Å². The van der Waals surface area contributed by atoms with Gasteiger partial charge >= 0.3 is 17.8 Å². The number of urea groups is 1. The number of amides is 4. The molecule has 0 spiro atoms. The average Bonchev–Trinajstić information content (AvgIpc) is 2.25. The number of hydrogen-bond acceptors (Lipinski definition) is 3. The van der Waals surface area contributed by atoms with Gasteiger partial charge in [-0.2, -0.15) is 0 Å². The largest absolute Gasteiger partial charge is 0.361 e. The van der Waals surface area contributed by atoms with Gasteiger partial charge < -0.3 is 11.1 Å². The standard InChI is InChI=1S/C9H9ClN4O3/c10-5-2-1-3-6(4-5)12-9(17)14-13-8(16)7(11)15/h1-4H,(H2,11,15)(H,13,16)(H2,12,14,17). The molecular formula is C9H9ClN4O3. The molecular weight excluding hydrogens is 248 g/mol. The van der Waals surface area contributed by atoms with Crippen LogP contribution in [0.15, 0.2) is 24.3 Å². The summed E-state index contributed by atoms with van der Waals surface area (Å²) in [4.78, 5) is 32.3. The molecule has 17 heavy (non-hydrogen) atoms. The molecule has 1 aromatic rings. The van der Waals surface area contributed by atoms with E-state index in [1.807, 2.05) is 10.9 Å². The van der Waals surface area contributed by atoms with Crippen molar-refractivity contribution in [2.45, 2.75) is 0 Å². The lowest BCUT2D eigenvalue weighted by molar-refractivity contribution is -0.137. The third-order valence-electron chi connectivity index (χ3n) is 1.60. The predicted octanol–water partition coefficient (Wildman–Crippen LogP) is -0.0220. The van der Waals surface area contributed by atoms with Crippen molar-refractivity contribution >= 4 is 35.1 Å². The number of nitrogens with one attached hydrogen (secondary N) is 3. The Labute approximate surface area is 101 Å². The molecule has 1 rings (SSSR count). The minimum absolute atomic E-state index is 0.434. The summed E-state index contributed by atoms with van der Waals surface area (Å²) in [6.07, 6.45) is 0. The van der Waals surface area contributed by atoms with E-state index in [2.05, 4.69) is 11.1 Å². The molecule has 0 heterocycles. The van der Waals surface area contributed by atoms with Crippen LogP contribution in [0, 0.1) is 0 Å². The molecule has 4 amide bonds. The van der Waals surface area contributed by atoms with Crippen LogP contribution >= 0.6 is 11.6 Å². The van der Waals surface area contributed by atoms with E-state index in [0.717, 1.165) is 0 Å². The first-order valence-electron chi connectivity index (χ1n) is 4.41. The number of primary amides is 1. The Bertz CT molecular complexity index is 463. The third-order valence-corrected chi connectivity index (χ3v) is 1.83. The number of halogens is 1. The lowest BCUT2D eigenvalue weighted by atomic mass is 10.3. The van der Waals surface area contributed by atoms with Crippen LogP contribution in [0.5, 0.6) is 0 Å². The van der Waals surface area contributed by atoms with Gasteiger partial charge in [0.15, 0.2) is 0 Å². The highest BCUT2D eigenvalue weighted by atomic mass is 35.5. The fourth-order valence-electron chi connectivity index (χ4n) is 0.904. The first kappa shape index (κ1) is 12.8. The van der Waals surface area contributed by atoms with Gasteiger partial charge in [0, 0.05) is 10.7 Å². The number of hydrazine groups is 1. The summed E-state index contributed by atoms with van der Waals surface area (Å²) < 4.78 is 0. The van der Waals surface area contributed by atoms with Gasteiger partial charge in [-0.05, 0) is 18.2 Å². The molecule has 90 valence electrons. The Hall–Kier alpha value is -2.28. The molecule has 0 bridgehead atoms. The van der Waals surface area contributed by atoms with Crippen LogP contribution in [0.3, 0.4) is 0 Å². The summed E-state index contributed by atoms with van der Waals surface area (Å²) in [5.74, 6) is -2.32. The molecule has 0 atom stereocenters. The van der Waals surface area contributed by atoms with Gasteiger partial charge in [-0.3, -0.25) is 15.0 Å². The number of carbonyl (C=O) groups excluding carboxylic acids is 3. The van der Waals surface area contributed by atoms with Crippen molar-refractivity contribution in [3.63, 3.8) is 0 Å². The molecule has 0 aliphatic carbocycles. The van der Waals surface area contributed by atoms with Crippen LogP contribution in [0.4, 0.5) is 10.5 Å². The fraction of sp³-hybridized carbons (Fsp3) is 0. The molecule has 8 heteroatoms. The number of benzene rings is 1. The molecule has 0 radical (unpaired) electrons. The number of hydrogen-bond donors (Lipinski definition) is 4.